The molecule has 0 unspecified atom stereocenters. The molecule has 1 aromatic carbocycles. The Morgan fingerprint density at radius 1 is 1.19 bits per heavy atom. The maximum atomic E-state index is 12.5. The number of anilines is 1. The van der Waals surface area contributed by atoms with Crippen molar-refractivity contribution in [3.63, 3.8) is 0 Å². The summed E-state index contributed by atoms with van der Waals surface area (Å²) in [7, 11) is 0. The molecular weight excluding hydrogens is 340 g/mol. The van der Waals surface area contributed by atoms with Crippen molar-refractivity contribution in [2.75, 3.05) is 11.9 Å². The zero-order chi connectivity index (χ0) is 19.6. The number of allylic oxidation sites excluding steroid dienone is 1. The first-order chi connectivity index (χ1) is 13.0. The fourth-order valence-electron chi connectivity index (χ4n) is 3.66. The summed E-state index contributed by atoms with van der Waals surface area (Å²) in [5, 5.41) is 16.2. The summed E-state index contributed by atoms with van der Waals surface area (Å²) in [4.78, 5) is 24.0. The minimum Gasteiger partial charge on any atom is -0.544 e. The summed E-state index contributed by atoms with van der Waals surface area (Å²) in [6.07, 6.45) is 9.39. The van der Waals surface area contributed by atoms with Gasteiger partial charge in [-0.25, -0.2) is 0 Å². The van der Waals surface area contributed by atoms with Crippen LogP contribution in [0.3, 0.4) is 0 Å². The van der Waals surface area contributed by atoms with Crippen LogP contribution in [-0.2, 0) is 22.4 Å². The van der Waals surface area contributed by atoms with Crippen LogP contribution in [0, 0.1) is 0 Å². The van der Waals surface area contributed by atoms with Gasteiger partial charge < -0.3 is 20.5 Å². The maximum Gasteiger partial charge on any atom is 0.230 e. The van der Waals surface area contributed by atoms with Gasteiger partial charge in [0.05, 0.1) is 18.9 Å². The summed E-state index contributed by atoms with van der Waals surface area (Å²) in [6, 6.07) is 5.13. The van der Waals surface area contributed by atoms with Crippen molar-refractivity contribution in [2.24, 2.45) is 0 Å². The van der Waals surface area contributed by atoms with Crippen LogP contribution in [0.25, 0.3) is 0 Å². The van der Waals surface area contributed by atoms with Gasteiger partial charge in [0.25, 0.3) is 0 Å². The van der Waals surface area contributed by atoms with Crippen LogP contribution in [0.1, 0.15) is 63.5 Å². The van der Waals surface area contributed by atoms with E-state index >= 15 is 0 Å². The number of carboxylic acids is 1. The van der Waals surface area contributed by atoms with E-state index in [2.05, 4.69) is 11.4 Å². The van der Waals surface area contributed by atoms with Crippen LogP contribution in [0.2, 0.25) is 0 Å². The van der Waals surface area contributed by atoms with Crippen molar-refractivity contribution < 1.29 is 20.0 Å². The van der Waals surface area contributed by atoms with Crippen LogP contribution in [0.5, 0.6) is 0 Å². The molecule has 0 aromatic heterocycles. The number of para-hydroxylation sites is 1. The topological polar surface area (TPSA) is 85.8 Å². The maximum absolute atomic E-state index is 12.5. The molecule has 27 heavy (non-hydrogen) atoms. The number of hydrogen-bond donors (Lipinski definition) is 2. The molecule has 0 radical (unpaired) electrons. The molecule has 1 aliphatic rings. The Kier molecular flexibility index (Phi) is 8.52. The van der Waals surface area contributed by atoms with Gasteiger partial charge in [-0.05, 0) is 49.7 Å². The summed E-state index contributed by atoms with van der Waals surface area (Å²) in [5.41, 5.74) is 4.38. The zero-order valence-corrected chi connectivity index (χ0v) is 16.6. The molecule has 1 aromatic rings. The number of hydrogen-bond acceptors (Lipinski definition) is 3. The Hall–Kier alpha value is -2.14. The monoisotopic (exact) mass is 372 g/mol. The van der Waals surface area contributed by atoms with Gasteiger partial charge in [-0.2, -0.15) is 0 Å². The van der Waals surface area contributed by atoms with Crippen LogP contribution in [0.15, 0.2) is 29.8 Å². The number of aliphatic carboxylic acids is 1. The Morgan fingerprint density at radius 2 is 1.89 bits per heavy atom. The summed E-state index contributed by atoms with van der Waals surface area (Å²) >= 11 is 0. The lowest BCUT2D eigenvalue weighted by Crippen LogP contribution is -2.93. The molecule has 0 saturated carbocycles. The van der Waals surface area contributed by atoms with Crippen molar-refractivity contribution in [3.8, 4) is 0 Å². The lowest BCUT2D eigenvalue weighted by atomic mass is 9.97. The van der Waals surface area contributed by atoms with Gasteiger partial charge in [0, 0.05) is 12.1 Å². The van der Waals surface area contributed by atoms with E-state index in [1.54, 1.807) is 5.32 Å². The number of benzene rings is 1. The van der Waals surface area contributed by atoms with Gasteiger partial charge in [-0.1, -0.05) is 43.7 Å². The molecule has 0 saturated heterocycles. The molecule has 0 fully saturated rings. The normalized spacial score (nSPS) is 15.1. The van der Waals surface area contributed by atoms with Gasteiger partial charge in [0.1, 0.15) is 6.04 Å². The van der Waals surface area contributed by atoms with Crippen LogP contribution < -0.4 is 15.7 Å². The average molecular weight is 373 g/mol. The standard InChI is InChI=1S/C22H32N2O3/c1-3-17-11-8-12-18(4-2)21(17)24-20(25)15-19(22(26)27)23-14-13-16-9-6-5-7-10-16/h8-9,11-12,19,23H,3-7,10,13-15H2,1-2H3,(H,24,25)(H,26,27)/t19-/m0/s1. The van der Waals surface area contributed by atoms with E-state index in [1.165, 1.54) is 18.4 Å². The molecule has 5 nitrogen and oxygen atoms in total. The Balaban J connectivity index is 1.93. The average Bonchev–Trinajstić information content (AvgIpc) is 2.68. The van der Waals surface area contributed by atoms with E-state index in [1.807, 2.05) is 32.0 Å². The number of aryl methyl sites for hydroxylation is 2. The highest BCUT2D eigenvalue weighted by atomic mass is 16.4. The third-order valence-corrected chi connectivity index (χ3v) is 5.27. The second-order valence-electron chi connectivity index (χ2n) is 7.22. The van der Waals surface area contributed by atoms with Gasteiger partial charge in [0.2, 0.25) is 5.91 Å². The number of nitrogens with one attached hydrogen (secondary N) is 1. The predicted molar refractivity (Wildman–Crippen MR) is 105 cm³/mol. The molecular formula is C22H32N2O3. The number of rotatable bonds is 10. The summed E-state index contributed by atoms with van der Waals surface area (Å²) in [5.74, 6) is -1.45. The quantitative estimate of drug-likeness (QED) is 0.613. The van der Waals surface area contributed by atoms with Crippen molar-refractivity contribution in [3.05, 3.63) is 41.0 Å². The first kappa shape index (κ1) is 21.2. The predicted octanol–water partition coefficient (Wildman–Crippen LogP) is 1.71. The van der Waals surface area contributed by atoms with Gasteiger partial charge in [-0.3, -0.25) is 4.79 Å². The van der Waals surface area contributed by atoms with Gasteiger partial charge >= 0.3 is 0 Å². The molecule has 0 heterocycles. The second-order valence-corrected chi connectivity index (χ2v) is 7.22. The Labute approximate surface area is 162 Å². The minimum atomic E-state index is -1.18. The highest BCUT2D eigenvalue weighted by Crippen LogP contribution is 2.23. The molecule has 0 bridgehead atoms. The third-order valence-electron chi connectivity index (χ3n) is 5.27. The van der Waals surface area contributed by atoms with Gasteiger partial charge in [-0.15, -0.1) is 0 Å². The molecule has 1 aliphatic carbocycles. The van der Waals surface area contributed by atoms with E-state index in [0.29, 0.717) is 6.54 Å². The summed E-state index contributed by atoms with van der Waals surface area (Å²) < 4.78 is 0. The van der Waals surface area contributed by atoms with Crippen molar-refractivity contribution in [1.82, 2.24) is 0 Å². The molecule has 1 amide bonds. The lowest BCUT2D eigenvalue weighted by molar-refractivity contribution is -0.682. The highest BCUT2D eigenvalue weighted by Gasteiger charge is 2.20. The molecule has 3 N–H and O–H groups in total. The number of carbonyl (C=O) groups excluding carboxylic acids is 2. The van der Waals surface area contributed by atoms with E-state index in [4.69, 9.17) is 0 Å². The SMILES string of the molecule is CCc1cccc(CC)c1NC(=O)C[C@H]([NH2+]CCC1=CCCCC1)C(=O)[O-]. The van der Waals surface area contributed by atoms with E-state index < -0.39 is 12.0 Å². The van der Waals surface area contributed by atoms with Crippen molar-refractivity contribution in [1.29, 1.82) is 0 Å². The zero-order valence-electron chi connectivity index (χ0n) is 16.6. The van der Waals surface area contributed by atoms with Crippen LogP contribution in [-0.4, -0.2) is 24.5 Å². The number of amides is 1. The number of nitrogens with two attached hydrogens (primary N) is 1. The smallest absolute Gasteiger partial charge is 0.230 e. The van der Waals surface area contributed by atoms with E-state index in [-0.39, 0.29) is 12.3 Å². The van der Waals surface area contributed by atoms with Crippen LogP contribution >= 0.6 is 0 Å². The molecule has 0 aliphatic heterocycles. The number of quaternary nitrogens is 1. The summed E-state index contributed by atoms with van der Waals surface area (Å²) in [6.45, 7) is 4.76. The fourth-order valence-corrected chi connectivity index (χ4v) is 3.66. The fraction of sp³-hybridized carbons (Fsp3) is 0.545. The van der Waals surface area contributed by atoms with Crippen LogP contribution in [0.4, 0.5) is 5.69 Å². The molecule has 1 atom stereocenters. The lowest BCUT2D eigenvalue weighted by Gasteiger charge is -2.19. The second kappa shape index (κ2) is 10.9. The Morgan fingerprint density at radius 3 is 2.44 bits per heavy atom. The number of carboxylic acid groups (broad SMARTS) is 1. The molecule has 0 spiro atoms. The first-order valence-corrected chi connectivity index (χ1v) is 10.2. The molecule has 148 valence electrons. The number of carbonyl (C=O) groups is 2. The van der Waals surface area contributed by atoms with Crippen molar-refractivity contribution >= 4 is 17.6 Å². The largest absolute Gasteiger partial charge is 0.544 e. The first-order valence-electron chi connectivity index (χ1n) is 10.2. The van der Waals surface area contributed by atoms with Gasteiger partial charge in [0.15, 0.2) is 0 Å². The molecule has 5 heteroatoms. The minimum absolute atomic E-state index is 0.0808. The van der Waals surface area contributed by atoms with E-state index in [0.717, 1.165) is 48.9 Å². The van der Waals surface area contributed by atoms with E-state index in [9.17, 15) is 14.7 Å². The highest BCUT2D eigenvalue weighted by molar-refractivity contribution is 5.94. The van der Waals surface area contributed by atoms with Crippen molar-refractivity contribution in [2.45, 2.75) is 71.3 Å². The molecule has 2 rings (SSSR count). The third kappa shape index (κ3) is 6.51. The Bertz CT molecular complexity index is 660.